The van der Waals surface area contributed by atoms with Crippen LogP contribution in [0.25, 0.3) is 0 Å². The Labute approximate surface area is 152 Å². The highest BCUT2D eigenvalue weighted by Crippen LogP contribution is 2.42. The maximum absolute atomic E-state index is 12.5. The summed E-state index contributed by atoms with van der Waals surface area (Å²) in [6.07, 6.45) is 1.44. The molecule has 2 aliphatic rings. The number of rotatable bonds is 4. The summed E-state index contributed by atoms with van der Waals surface area (Å²) in [5.41, 5.74) is 1.31. The molecule has 0 aliphatic carbocycles. The van der Waals surface area contributed by atoms with Gasteiger partial charge in [-0.2, -0.15) is 5.10 Å². The molecular formula is C18H26N4O4. The number of carboxylic acid groups (broad SMARTS) is 1. The van der Waals surface area contributed by atoms with Crippen LogP contribution in [-0.4, -0.2) is 68.1 Å². The molecule has 142 valence electrons. The third-order valence-electron chi connectivity index (χ3n) is 5.99. The van der Waals surface area contributed by atoms with Crippen LogP contribution in [0.5, 0.6) is 0 Å². The van der Waals surface area contributed by atoms with E-state index in [1.807, 2.05) is 24.6 Å². The van der Waals surface area contributed by atoms with E-state index in [0.717, 1.165) is 11.4 Å². The topological polar surface area (TPSA) is 95.7 Å². The van der Waals surface area contributed by atoms with Crippen molar-refractivity contribution in [2.75, 3.05) is 20.1 Å². The Morgan fingerprint density at radius 1 is 1.31 bits per heavy atom. The zero-order valence-corrected chi connectivity index (χ0v) is 15.6. The molecular weight excluding hydrogens is 336 g/mol. The van der Waals surface area contributed by atoms with Crippen molar-refractivity contribution in [3.8, 4) is 0 Å². The summed E-state index contributed by atoms with van der Waals surface area (Å²) in [5.74, 6) is -1.69. The average molecular weight is 362 g/mol. The first-order valence-corrected chi connectivity index (χ1v) is 9.03. The lowest BCUT2D eigenvalue weighted by Gasteiger charge is -2.45. The molecule has 0 unspecified atom stereocenters. The number of aliphatic carboxylic acids is 1. The number of hydrogen-bond donors (Lipinski definition) is 1. The monoisotopic (exact) mass is 362 g/mol. The largest absolute Gasteiger partial charge is 0.481 e. The Morgan fingerprint density at radius 2 is 1.96 bits per heavy atom. The SMILES string of the molecule is Cc1cc(C)n(CCC(=O)N2CCC3(CC2)[C@@H](C(=O)O)CC(=O)N3C)n1. The molecule has 2 saturated heterocycles. The minimum Gasteiger partial charge on any atom is -0.481 e. The molecule has 1 aromatic rings. The van der Waals surface area contributed by atoms with Crippen molar-refractivity contribution in [1.82, 2.24) is 19.6 Å². The number of carbonyl (C=O) groups is 3. The lowest BCUT2D eigenvalue weighted by molar-refractivity contribution is -0.147. The van der Waals surface area contributed by atoms with Gasteiger partial charge in [0.1, 0.15) is 0 Å². The minimum atomic E-state index is -0.924. The van der Waals surface area contributed by atoms with Crippen molar-refractivity contribution in [2.45, 2.75) is 51.6 Å². The number of likely N-dealkylation sites (tertiary alicyclic amines) is 2. The van der Waals surface area contributed by atoms with Gasteiger partial charge in [-0.15, -0.1) is 0 Å². The maximum atomic E-state index is 12.5. The van der Waals surface area contributed by atoms with E-state index < -0.39 is 17.4 Å². The molecule has 26 heavy (non-hydrogen) atoms. The first-order valence-electron chi connectivity index (χ1n) is 9.03. The molecule has 0 saturated carbocycles. The number of hydrogen-bond acceptors (Lipinski definition) is 4. The number of aryl methyl sites for hydroxylation is 3. The van der Waals surface area contributed by atoms with Gasteiger partial charge < -0.3 is 14.9 Å². The molecule has 8 nitrogen and oxygen atoms in total. The lowest BCUT2D eigenvalue weighted by atomic mass is 9.77. The Hall–Kier alpha value is -2.38. The summed E-state index contributed by atoms with van der Waals surface area (Å²) in [5, 5.41) is 13.9. The highest BCUT2D eigenvalue weighted by Gasteiger charge is 2.55. The molecule has 2 aliphatic heterocycles. The van der Waals surface area contributed by atoms with Crippen LogP contribution in [0.15, 0.2) is 6.07 Å². The van der Waals surface area contributed by atoms with Gasteiger partial charge in [0.25, 0.3) is 0 Å². The normalized spacial score (nSPS) is 22.3. The van der Waals surface area contributed by atoms with E-state index in [1.54, 1.807) is 16.8 Å². The van der Waals surface area contributed by atoms with Crippen LogP contribution in [0.2, 0.25) is 0 Å². The van der Waals surface area contributed by atoms with Gasteiger partial charge in [-0.25, -0.2) is 0 Å². The summed E-state index contributed by atoms with van der Waals surface area (Å²) < 4.78 is 1.84. The quantitative estimate of drug-likeness (QED) is 0.855. The van der Waals surface area contributed by atoms with Gasteiger partial charge >= 0.3 is 5.97 Å². The fourth-order valence-corrected chi connectivity index (χ4v) is 4.39. The molecule has 1 N–H and O–H groups in total. The molecule has 2 fully saturated rings. The number of piperidine rings is 1. The smallest absolute Gasteiger partial charge is 0.309 e. The van der Waals surface area contributed by atoms with Crippen LogP contribution >= 0.6 is 0 Å². The molecule has 0 aromatic carbocycles. The number of amides is 2. The molecule has 3 rings (SSSR count). The van der Waals surface area contributed by atoms with Gasteiger partial charge in [-0.1, -0.05) is 0 Å². The van der Waals surface area contributed by atoms with Crippen LogP contribution in [0.4, 0.5) is 0 Å². The van der Waals surface area contributed by atoms with Gasteiger partial charge in [0.05, 0.1) is 17.2 Å². The first-order chi connectivity index (χ1) is 12.2. The molecule has 0 bridgehead atoms. The van der Waals surface area contributed by atoms with Crippen molar-refractivity contribution < 1.29 is 19.5 Å². The molecule has 1 spiro atoms. The highest BCUT2D eigenvalue weighted by molar-refractivity contribution is 5.88. The summed E-state index contributed by atoms with van der Waals surface area (Å²) in [6.45, 7) is 5.40. The molecule has 1 aromatic heterocycles. The summed E-state index contributed by atoms with van der Waals surface area (Å²) in [4.78, 5) is 39.6. The van der Waals surface area contributed by atoms with Crippen LogP contribution in [0, 0.1) is 19.8 Å². The summed E-state index contributed by atoms with van der Waals surface area (Å²) in [6, 6.07) is 1.98. The van der Waals surface area contributed by atoms with E-state index in [-0.39, 0.29) is 18.2 Å². The number of carbonyl (C=O) groups excluding carboxylic acids is 2. The predicted molar refractivity (Wildman–Crippen MR) is 93.4 cm³/mol. The van der Waals surface area contributed by atoms with Crippen molar-refractivity contribution in [2.24, 2.45) is 5.92 Å². The number of nitrogens with zero attached hydrogens (tertiary/aromatic N) is 4. The second-order valence-corrected chi connectivity index (χ2v) is 7.43. The van der Waals surface area contributed by atoms with Crippen molar-refractivity contribution >= 4 is 17.8 Å². The fourth-order valence-electron chi connectivity index (χ4n) is 4.39. The Bertz CT molecular complexity index is 734. The minimum absolute atomic E-state index is 0.0475. The van der Waals surface area contributed by atoms with Crippen LogP contribution < -0.4 is 0 Å². The fraction of sp³-hybridized carbons (Fsp3) is 0.667. The van der Waals surface area contributed by atoms with Gasteiger partial charge in [-0.05, 0) is 32.8 Å². The van der Waals surface area contributed by atoms with Crippen LogP contribution in [-0.2, 0) is 20.9 Å². The van der Waals surface area contributed by atoms with E-state index in [0.29, 0.717) is 38.9 Å². The Kier molecular flexibility index (Phi) is 4.77. The van der Waals surface area contributed by atoms with Crippen molar-refractivity contribution in [3.63, 3.8) is 0 Å². The third kappa shape index (κ3) is 3.08. The molecule has 3 heterocycles. The molecule has 8 heteroatoms. The molecule has 1 atom stereocenters. The second kappa shape index (κ2) is 6.74. The molecule has 0 radical (unpaired) electrons. The Balaban J connectivity index is 1.60. The van der Waals surface area contributed by atoms with Crippen LogP contribution in [0.1, 0.15) is 37.1 Å². The summed E-state index contributed by atoms with van der Waals surface area (Å²) in [7, 11) is 1.69. The van der Waals surface area contributed by atoms with E-state index >= 15 is 0 Å². The summed E-state index contributed by atoms with van der Waals surface area (Å²) >= 11 is 0. The zero-order valence-electron chi connectivity index (χ0n) is 15.6. The number of carboxylic acids is 1. The Morgan fingerprint density at radius 3 is 2.50 bits per heavy atom. The average Bonchev–Trinajstić information content (AvgIpc) is 3.04. The predicted octanol–water partition coefficient (Wildman–Crippen LogP) is 0.814. The van der Waals surface area contributed by atoms with E-state index in [9.17, 15) is 19.5 Å². The number of aromatic nitrogens is 2. The molecule has 2 amide bonds. The zero-order chi connectivity index (χ0) is 19.1. The maximum Gasteiger partial charge on any atom is 0.309 e. The van der Waals surface area contributed by atoms with E-state index in [4.69, 9.17) is 0 Å². The second-order valence-electron chi connectivity index (χ2n) is 7.43. The first kappa shape index (κ1) is 18.4. The van der Waals surface area contributed by atoms with E-state index in [2.05, 4.69) is 5.10 Å². The van der Waals surface area contributed by atoms with Gasteiger partial charge in [0, 0.05) is 45.2 Å². The lowest BCUT2D eigenvalue weighted by Crippen LogP contribution is -2.57. The van der Waals surface area contributed by atoms with E-state index in [1.165, 1.54) is 0 Å². The van der Waals surface area contributed by atoms with Gasteiger partial charge in [0.15, 0.2) is 0 Å². The van der Waals surface area contributed by atoms with Gasteiger partial charge in [-0.3, -0.25) is 19.1 Å². The van der Waals surface area contributed by atoms with Crippen LogP contribution in [0.3, 0.4) is 0 Å². The third-order valence-corrected chi connectivity index (χ3v) is 5.99. The van der Waals surface area contributed by atoms with Crippen molar-refractivity contribution in [3.05, 3.63) is 17.5 Å². The standard InChI is InChI=1S/C18H26N4O4/c1-12-10-13(2)22(19-12)7-4-15(23)21-8-5-18(6-9-21)14(17(25)26)11-16(24)20(18)3/h10,14H,4-9,11H2,1-3H3,(H,25,26)/t14-/m1/s1. The highest BCUT2D eigenvalue weighted by atomic mass is 16.4. The van der Waals surface area contributed by atoms with Crippen molar-refractivity contribution in [1.29, 1.82) is 0 Å². The van der Waals surface area contributed by atoms with Gasteiger partial charge in [0.2, 0.25) is 11.8 Å².